The molecule has 5 nitrogen and oxygen atoms in total. The van der Waals surface area contributed by atoms with Crippen LogP contribution in [0.5, 0.6) is 0 Å². The van der Waals surface area contributed by atoms with Crippen LogP contribution in [-0.2, 0) is 11.3 Å². The second-order valence-electron chi connectivity index (χ2n) is 3.93. The van der Waals surface area contributed by atoms with Crippen LogP contribution in [0.25, 0.3) is 10.7 Å². The number of pyridine rings is 1. The van der Waals surface area contributed by atoms with Gasteiger partial charge in [0.25, 0.3) is 0 Å². The van der Waals surface area contributed by atoms with E-state index in [1.807, 2.05) is 23.6 Å². The van der Waals surface area contributed by atoms with E-state index in [9.17, 15) is 4.79 Å². The van der Waals surface area contributed by atoms with Crippen molar-refractivity contribution in [1.29, 1.82) is 0 Å². The molecule has 0 spiro atoms. The fraction of sp³-hybridized carbons (Fsp3) is 0.250. The molecule has 1 N–H and O–H groups in total. The molecule has 18 heavy (non-hydrogen) atoms. The first-order valence-corrected chi connectivity index (χ1v) is 6.29. The lowest BCUT2D eigenvalue weighted by atomic mass is 10.3. The predicted octanol–water partition coefficient (Wildman–Crippen LogP) is 1.72. The van der Waals surface area contributed by atoms with Crippen molar-refractivity contribution in [2.75, 3.05) is 13.6 Å². The van der Waals surface area contributed by atoms with Gasteiger partial charge in [-0.15, -0.1) is 11.3 Å². The van der Waals surface area contributed by atoms with Gasteiger partial charge in [0.1, 0.15) is 5.01 Å². The molecule has 0 aliphatic heterocycles. The summed E-state index contributed by atoms with van der Waals surface area (Å²) in [6, 6.07) is 5.68. The first-order chi connectivity index (χ1) is 8.65. The molecule has 94 valence electrons. The van der Waals surface area contributed by atoms with Gasteiger partial charge in [-0.2, -0.15) is 0 Å². The molecule has 2 rings (SSSR count). The van der Waals surface area contributed by atoms with Gasteiger partial charge in [-0.3, -0.25) is 14.7 Å². The van der Waals surface area contributed by atoms with Crippen LogP contribution in [0.3, 0.4) is 0 Å². The lowest BCUT2D eigenvalue weighted by molar-refractivity contribution is -0.138. The zero-order valence-corrected chi connectivity index (χ0v) is 10.7. The van der Waals surface area contributed by atoms with E-state index in [1.54, 1.807) is 18.1 Å². The molecule has 2 aromatic heterocycles. The number of nitrogens with zero attached hydrogens (tertiary/aromatic N) is 3. The van der Waals surface area contributed by atoms with Gasteiger partial charge < -0.3 is 5.11 Å². The number of rotatable bonds is 5. The Morgan fingerprint density at radius 1 is 1.50 bits per heavy atom. The van der Waals surface area contributed by atoms with E-state index < -0.39 is 5.97 Å². The number of aliphatic carboxylic acids is 1. The SMILES string of the molecule is CN(CC(=O)O)Cc1csc(-c2ccccn2)n1. The fourth-order valence-corrected chi connectivity index (χ4v) is 2.34. The Labute approximate surface area is 109 Å². The molecule has 2 heterocycles. The topological polar surface area (TPSA) is 66.3 Å². The van der Waals surface area contributed by atoms with E-state index in [0.29, 0.717) is 6.54 Å². The molecule has 0 saturated heterocycles. The Kier molecular flexibility index (Phi) is 4.01. The van der Waals surface area contributed by atoms with Crippen molar-refractivity contribution >= 4 is 17.3 Å². The van der Waals surface area contributed by atoms with Gasteiger partial charge in [0.15, 0.2) is 0 Å². The van der Waals surface area contributed by atoms with Crippen molar-refractivity contribution in [3.8, 4) is 10.7 Å². The number of thiazole rings is 1. The van der Waals surface area contributed by atoms with E-state index >= 15 is 0 Å². The van der Waals surface area contributed by atoms with E-state index in [2.05, 4.69) is 9.97 Å². The van der Waals surface area contributed by atoms with Crippen molar-refractivity contribution in [2.45, 2.75) is 6.54 Å². The normalized spacial score (nSPS) is 10.8. The highest BCUT2D eigenvalue weighted by molar-refractivity contribution is 7.13. The molecule has 2 aromatic rings. The average Bonchev–Trinajstić information content (AvgIpc) is 2.77. The summed E-state index contributed by atoms with van der Waals surface area (Å²) in [6.07, 6.45) is 1.73. The lowest BCUT2D eigenvalue weighted by Crippen LogP contribution is -2.25. The Bertz CT molecular complexity index is 527. The van der Waals surface area contributed by atoms with Crippen LogP contribution in [0.2, 0.25) is 0 Å². The number of carbonyl (C=O) groups is 1. The number of aromatic nitrogens is 2. The van der Waals surface area contributed by atoms with Crippen molar-refractivity contribution in [1.82, 2.24) is 14.9 Å². The van der Waals surface area contributed by atoms with E-state index in [-0.39, 0.29) is 6.54 Å². The van der Waals surface area contributed by atoms with Crippen LogP contribution in [0.1, 0.15) is 5.69 Å². The Morgan fingerprint density at radius 3 is 3.00 bits per heavy atom. The highest BCUT2D eigenvalue weighted by Crippen LogP contribution is 2.21. The minimum atomic E-state index is -0.835. The monoisotopic (exact) mass is 263 g/mol. The number of carboxylic acids is 1. The molecule has 0 atom stereocenters. The summed E-state index contributed by atoms with van der Waals surface area (Å²) in [5, 5.41) is 11.5. The quantitative estimate of drug-likeness (QED) is 0.889. The first-order valence-electron chi connectivity index (χ1n) is 5.41. The molecule has 0 aromatic carbocycles. The van der Waals surface area contributed by atoms with Crippen LogP contribution in [0, 0.1) is 0 Å². The number of carboxylic acid groups (broad SMARTS) is 1. The molecule has 0 radical (unpaired) electrons. The maximum Gasteiger partial charge on any atom is 0.317 e. The highest BCUT2D eigenvalue weighted by Gasteiger charge is 2.09. The molecule has 0 aliphatic carbocycles. The molecule has 0 unspecified atom stereocenters. The Balaban J connectivity index is 2.05. The Hall–Kier alpha value is -1.79. The van der Waals surface area contributed by atoms with Crippen LogP contribution in [-0.4, -0.2) is 39.5 Å². The molecule has 0 bridgehead atoms. The maximum atomic E-state index is 10.6. The summed E-state index contributed by atoms with van der Waals surface area (Å²) in [5.74, 6) is -0.835. The number of hydrogen-bond donors (Lipinski definition) is 1. The summed E-state index contributed by atoms with van der Waals surface area (Å²) < 4.78 is 0. The average molecular weight is 263 g/mol. The summed E-state index contributed by atoms with van der Waals surface area (Å²) in [4.78, 5) is 20.9. The third-order valence-corrected chi connectivity index (χ3v) is 3.19. The zero-order chi connectivity index (χ0) is 13.0. The summed E-state index contributed by atoms with van der Waals surface area (Å²) in [7, 11) is 1.76. The summed E-state index contributed by atoms with van der Waals surface area (Å²) in [6.45, 7) is 0.534. The number of hydrogen-bond acceptors (Lipinski definition) is 5. The smallest absolute Gasteiger partial charge is 0.317 e. The van der Waals surface area contributed by atoms with Crippen LogP contribution < -0.4 is 0 Å². The van der Waals surface area contributed by atoms with Crippen LogP contribution in [0.4, 0.5) is 0 Å². The Morgan fingerprint density at radius 2 is 2.33 bits per heavy atom. The zero-order valence-electron chi connectivity index (χ0n) is 9.91. The molecule has 0 saturated carbocycles. The maximum absolute atomic E-state index is 10.6. The standard InChI is InChI=1S/C12H13N3O2S/c1-15(7-11(16)17)6-9-8-18-12(14-9)10-4-2-3-5-13-10/h2-5,8H,6-7H2,1H3,(H,16,17). The van der Waals surface area contributed by atoms with Gasteiger partial charge in [0.2, 0.25) is 0 Å². The molecule has 0 aliphatic rings. The van der Waals surface area contributed by atoms with Crippen LogP contribution in [0.15, 0.2) is 29.8 Å². The van der Waals surface area contributed by atoms with Crippen molar-refractivity contribution in [3.05, 3.63) is 35.5 Å². The highest BCUT2D eigenvalue weighted by atomic mass is 32.1. The van der Waals surface area contributed by atoms with Gasteiger partial charge >= 0.3 is 5.97 Å². The summed E-state index contributed by atoms with van der Waals surface area (Å²) in [5.41, 5.74) is 1.71. The van der Waals surface area contributed by atoms with Gasteiger partial charge in [0.05, 0.1) is 17.9 Å². The van der Waals surface area contributed by atoms with E-state index in [4.69, 9.17) is 5.11 Å². The molecular formula is C12H13N3O2S. The van der Waals surface area contributed by atoms with E-state index in [0.717, 1.165) is 16.4 Å². The first kappa shape index (κ1) is 12.7. The molecular weight excluding hydrogens is 250 g/mol. The molecule has 0 fully saturated rings. The lowest BCUT2D eigenvalue weighted by Gasteiger charge is -2.11. The summed E-state index contributed by atoms with van der Waals surface area (Å²) >= 11 is 1.52. The second-order valence-corrected chi connectivity index (χ2v) is 4.78. The van der Waals surface area contributed by atoms with Crippen molar-refractivity contribution < 1.29 is 9.90 Å². The largest absolute Gasteiger partial charge is 0.480 e. The fourth-order valence-electron chi connectivity index (χ4n) is 1.55. The molecule has 0 amide bonds. The van der Waals surface area contributed by atoms with Gasteiger partial charge in [-0.1, -0.05) is 6.07 Å². The second kappa shape index (κ2) is 5.70. The number of likely N-dealkylation sites (N-methyl/N-ethyl adjacent to an activating group) is 1. The van der Waals surface area contributed by atoms with Gasteiger partial charge in [0, 0.05) is 18.1 Å². The van der Waals surface area contributed by atoms with E-state index in [1.165, 1.54) is 11.3 Å². The predicted molar refractivity (Wildman–Crippen MR) is 69.3 cm³/mol. The van der Waals surface area contributed by atoms with Gasteiger partial charge in [-0.25, -0.2) is 4.98 Å². The minimum Gasteiger partial charge on any atom is -0.480 e. The van der Waals surface area contributed by atoms with Gasteiger partial charge in [-0.05, 0) is 19.2 Å². The minimum absolute atomic E-state index is 0.0104. The third kappa shape index (κ3) is 3.35. The van der Waals surface area contributed by atoms with Crippen molar-refractivity contribution in [3.63, 3.8) is 0 Å². The third-order valence-electron chi connectivity index (χ3n) is 2.27. The van der Waals surface area contributed by atoms with Crippen LogP contribution >= 0.6 is 11.3 Å². The van der Waals surface area contributed by atoms with Crippen molar-refractivity contribution in [2.24, 2.45) is 0 Å². The molecule has 6 heteroatoms.